The summed E-state index contributed by atoms with van der Waals surface area (Å²) in [6, 6.07) is 0. The zero-order chi connectivity index (χ0) is 8.69. The minimum absolute atomic E-state index is 0.102. The second-order valence-corrected chi connectivity index (χ2v) is 3.31. The van der Waals surface area contributed by atoms with Crippen LogP contribution in [0.15, 0.2) is 12.7 Å². The summed E-state index contributed by atoms with van der Waals surface area (Å²) in [5.41, 5.74) is 0. The molecule has 0 aliphatic carbocycles. The van der Waals surface area contributed by atoms with Crippen LogP contribution in [0.4, 0.5) is 0 Å². The largest absolute Gasteiger partial charge is 0.393 e. The molecule has 0 heterocycles. The normalized spacial score (nSPS) is 15.9. The molecule has 66 valence electrons. The van der Waals surface area contributed by atoms with Crippen molar-refractivity contribution in [1.29, 1.82) is 0 Å². The van der Waals surface area contributed by atoms with Gasteiger partial charge in [0.1, 0.15) is 0 Å². The van der Waals surface area contributed by atoms with Crippen LogP contribution < -0.4 is 0 Å². The third kappa shape index (κ3) is 6.11. The van der Waals surface area contributed by atoms with Crippen molar-refractivity contribution in [2.75, 3.05) is 0 Å². The second-order valence-electron chi connectivity index (χ2n) is 3.31. The van der Waals surface area contributed by atoms with Crippen molar-refractivity contribution in [1.82, 2.24) is 0 Å². The molecule has 0 spiro atoms. The SMILES string of the molecule is C=CCC(C)CC(O)CCC. The Balaban J connectivity index is 3.39. The summed E-state index contributed by atoms with van der Waals surface area (Å²) in [4.78, 5) is 0. The highest BCUT2D eigenvalue weighted by Gasteiger charge is 2.07. The molecule has 0 fully saturated rings. The molecular formula is C10H20O. The van der Waals surface area contributed by atoms with Gasteiger partial charge in [0.15, 0.2) is 0 Å². The van der Waals surface area contributed by atoms with Crippen LogP contribution in [-0.2, 0) is 0 Å². The molecule has 0 saturated carbocycles. The van der Waals surface area contributed by atoms with Crippen molar-refractivity contribution in [3.05, 3.63) is 12.7 Å². The summed E-state index contributed by atoms with van der Waals surface area (Å²) in [7, 11) is 0. The molecule has 1 nitrogen and oxygen atoms in total. The Kier molecular flexibility index (Phi) is 6.24. The third-order valence-corrected chi connectivity index (χ3v) is 1.87. The maximum Gasteiger partial charge on any atom is 0.0542 e. The van der Waals surface area contributed by atoms with Gasteiger partial charge in [-0.05, 0) is 25.2 Å². The zero-order valence-electron chi connectivity index (χ0n) is 7.71. The van der Waals surface area contributed by atoms with Crippen molar-refractivity contribution in [2.24, 2.45) is 5.92 Å². The summed E-state index contributed by atoms with van der Waals surface area (Å²) in [6.07, 6.45) is 5.75. The van der Waals surface area contributed by atoms with Gasteiger partial charge in [-0.3, -0.25) is 0 Å². The summed E-state index contributed by atoms with van der Waals surface area (Å²) >= 11 is 0. The fraction of sp³-hybridized carbons (Fsp3) is 0.800. The van der Waals surface area contributed by atoms with Crippen LogP contribution in [0.25, 0.3) is 0 Å². The van der Waals surface area contributed by atoms with Gasteiger partial charge in [-0.25, -0.2) is 0 Å². The highest BCUT2D eigenvalue weighted by molar-refractivity contribution is 4.72. The third-order valence-electron chi connectivity index (χ3n) is 1.87. The van der Waals surface area contributed by atoms with E-state index in [1.807, 2.05) is 6.08 Å². The topological polar surface area (TPSA) is 20.2 Å². The first-order valence-corrected chi connectivity index (χ1v) is 4.49. The summed E-state index contributed by atoms with van der Waals surface area (Å²) in [6.45, 7) is 7.92. The predicted molar refractivity (Wildman–Crippen MR) is 49.5 cm³/mol. The minimum atomic E-state index is -0.102. The van der Waals surface area contributed by atoms with E-state index in [1.54, 1.807) is 0 Å². The molecule has 0 aromatic rings. The molecule has 0 saturated heterocycles. The number of hydrogen-bond donors (Lipinski definition) is 1. The lowest BCUT2D eigenvalue weighted by molar-refractivity contribution is 0.136. The lowest BCUT2D eigenvalue weighted by Gasteiger charge is -2.13. The van der Waals surface area contributed by atoms with Gasteiger partial charge in [-0.1, -0.05) is 26.3 Å². The van der Waals surface area contributed by atoms with Gasteiger partial charge >= 0.3 is 0 Å². The number of rotatable bonds is 6. The summed E-state index contributed by atoms with van der Waals surface area (Å²) in [5.74, 6) is 0.578. The smallest absolute Gasteiger partial charge is 0.0542 e. The van der Waals surface area contributed by atoms with E-state index in [0.717, 1.165) is 25.7 Å². The first-order chi connectivity index (χ1) is 5.20. The molecule has 2 atom stereocenters. The quantitative estimate of drug-likeness (QED) is 0.586. The van der Waals surface area contributed by atoms with Gasteiger partial charge in [-0.15, -0.1) is 6.58 Å². The Hall–Kier alpha value is -0.300. The zero-order valence-corrected chi connectivity index (χ0v) is 7.71. The molecule has 1 N–H and O–H groups in total. The molecule has 0 amide bonds. The van der Waals surface area contributed by atoms with Crippen LogP contribution in [0.2, 0.25) is 0 Å². The van der Waals surface area contributed by atoms with Crippen molar-refractivity contribution < 1.29 is 5.11 Å². The van der Waals surface area contributed by atoms with E-state index in [-0.39, 0.29) is 6.10 Å². The Labute approximate surface area is 70.1 Å². The molecule has 0 radical (unpaired) electrons. The monoisotopic (exact) mass is 156 g/mol. The number of aliphatic hydroxyl groups excluding tert-OH is 1. The van der Waals surface area contributed by atoms with Gasteiger partial charge in [0.25, 0.3) is 0 Å². The maximum atomic E-state index is 9.41. The van der Waals surface area contributed by atoms with Crippen molar-refractivity contribution >= 4 is 0 Å². The van der Waals surface area contributed by atoms with Gasteiger partial charge in [0.05, 0.1) is 6.10 Å². The van der Waals surface area contributed by atoms with E-state index >= 15 is 0 Å². The van der Waals surface area contributed by atoms with Gasteiger partial charge in [0.2, 0.25) is 0 Å². The van der Waals surface area contributed by atoms with Crippen molar-refractivity contribution in [2.45, 2.75) is 45.6 Å². The van der Waals surface area contributed by atoms with Gasteiger partial charge in [0, 0.05) is 0 Å². The average Bonchev–Trinajstić information content (AvgIpc) is 1.87. The van der Waals surface area contributed by atoms with Crippen LogP contribution >= 0.6 is 0 Å². The van der Waals surface area contributed by atoms with Crippen LogP contribution in [-0.4, -0.2) is 11.2 Å². The van der Waals surface area contributed by atoms with E-state index < -0.39 is 0 Å². The number of hydrogen-bond acceptors (Lipinski definition) is 1. The highest BCUT2D eigenvalue weighted by atomic mass is 16.3. The Morgan fingerprint density at radius 1 is 1.55 bits per heavy atom. The van der Waals surface area contributed by atoms with E-state index in [2.05, 4.69) is 20.4 Å². The number of allylic oxidation sites excluding steroid dienone is 1. The molecule has 1 heteroatoms. The van der Waals surface area contributed by atoms with E-state index in [0.29, 0.717) is 5.92 Å². The van der Waals surface area contributed by atoms with E-state index in [9.17, 15) is 5.11 Å². The molecule has 0 rings (SSSR count). The standard InChI is InChI=1S/C10H20O/c1-4-6-9(3)8-10(11)7-5-2/h4,9-11H,1,5-8H2,2-3H3. The first kappa shape index (κ1) is 10.7. The molecular weight excluding hydrogens is 136 g/mol. The van der Waals surface area contributed by atoms with Crippen LogP contribution in [0.1, 0.15) is 39.5 Å². The molecule has 0 aromatic carbocycles. The van der Waals surface area contributed by atoms with Crippen LogP contribution in [0.3, 0.4) is 0 Å². The molecule has 0 aliphatic heterocycles. The van der Waals surface area contributed by atoms with Crippen molar-refractivity contribution in [3.63, 3.8) is 0 Å². The first-order valence-electron chi connectivity index (χ1n) is 4.49. The summed E-state index contributed by atoms with van der Waals surface area (Å²) in [5, 5.41) is 9.41. The lowest BCUT2D eigenvalue weighted by Crippen LogP contribution is -2.10. The Morgan fingerprint density at radius 2 is 2.18 bits per heavy atom. The second kappa shape index (κ2) is 6.41. The van der Waals surface area contributed by atoms with E-state index in [4.69, 9.17) is 0 Å². The average molecular weight is 156 g/mol. The Morgan fingerprint density at radius 3 is 2.64 bits per heavy atom. The fourth-order valence-corrected chi connectivity index (χ4v) is 1.30. The maximum absolute atomic E-state index is 9.41. The minimum Gasteiger partial charge on any atom is -0.393 e. The fourth-order valence-electron chi connectivity index (χ4n) is 1.30. The summed E-state index contributed by atoms with van der Waals surface area (Å²) < 4.78 is 0. The molecule has 11 heavy (non-hydrogen) atoms. The van der Waals surface area contributed by atoms with Crippen molar-refractivity contribution in [3.8, 4) is 0 Å². The van der Waals surface area contributed by atoms with Crippen LogP contribution in [0.5, 0.6) is 0 Å². The van der Waals surface area contributed by atoms with E-state index in [1.165, 1.54) is 0 Å². The van der Waals surface area contributed by atoms with Gasteiger partial charge < -0.3 is 5.11 Å². The predicted octanol–water partition coefficient (Wildman–Crippen LogP) is 2.75. The number of aliphatic hydroxyl groups is 1. The van der Waals surface area contributed by atoms with Crippen LogP contribution in [0, 0.1) is 5.92 Å². The highest BCUT2D eigenvalue weighted by Crippen LogP contribution is 2.13. The Bertz CT molecular complexity index is 99.0. The lowest BCUT2D eigenvalue weighted by atomic mass is 9.98. The molecule has 2 unspecified atom stereocenters. The van der Waals surface area contributed by atoms with Gasteiger partial charge in [-0.2, -0.15) is 0 Å². The molecule has 0 aromatic heterocycles. The molecule has 0 aliphatic rings. The molecule has 0 bridgehead atoms.